The third-order valence-corrected chi connectivity index (χ3v) is 6.26. The van der Waals surface area contributed by atoms with Crippen LogP contribution in [0.3, 0.4) is 0 Å². The Balaban J connectivity index is 1.89. The summed E-state index contributed by atoms with van der Waals surface area (Å²) in [6, 6.07) is 13.6. The predicted octanol–water partition coefficient (Wildman–Crippen LogP) is 2.34. The van der Waals surface area contributed by atoms with Gasteiger partial charge in [-0.05, 0) is 36.3 Å². The lowest BCUT2D eigenvalue weighted by Crippen LogP contribution is -2.39. The van der Waals surface area contributed by atoms with Crippen LogP contribution in [0.25, 0.3) is 6.08 Å². The van der Waals surface area contributed by atoms with E-state index in [1.165, 1.54) is 37.0 Å². The number of fused-ring (bicyclic) bond motifs is 1. The zero-order chi connectivity index (χ0) is 24.4. The van der Waals surface area contributed by atoms with Crippen LogP contribution in [0.1, 0.15) is 31.0 Å². The molecule has 0 amide bonds. The molecule has 9 heteroatoms. The largest absolute Gasteiger partial charge is 0.493 e. The number of benzene rings is 2. The van der Waals surface area contributed by atoms with Crippen LogP contribution in [0, 0.1) is 0 Å². The van der Waals surface area contributed by atoms with Gasteiger partial charge in [0, 0.05) is 6.92 Å². The second kappa shape index (κ2) is 9.48. The van der Waals surface area contributed by atoms with Gasteiger partial charge in [-0.15, -0.1) is 0 Å². The number of hydrogen-bond donors (Lipinski definition) is 0. The third kappa shape index (κ3) is 4.29. The molecule has 0 unspecified atom stereocenters. The summed E-state index contributed by atoms with van der Waals surface area (Å²) in [5.41, 5.74) is 1.99. The van der Waals surface area contributed by atoms with E-state index in [9.17, 15) is 14.4 Å². The molecule has 0 spiro atoms. The molecule has 1 atom stereocenters. The van der Waals surface area contributed by atoms with Crippen LogP contribution in [-0.4, -0.2) is 30.7 Å². The molecule has 3 aromatic rings. The number of ether oxygens (including phenoxy) is 3. The summed E-state index contributed by atoms with van der Waals surface area (Å²) < 4.78 is 17.4. The SMILES string of the molecule is COC(=O)C1=C(C)N=c2s/c(=C\c3ccc(OC(C)=O)c(OC)c3)c(=O)n2[C@H]1c1ccccc1. The Morgan fingerprint density at radius 3 is 2.47 bits per heavy atom. The highest BCUT2D eigenvalue weighted by Crippen LogP contribution is 2.31. The number of methoxy groups -OCH3 is 2. The number of rotatable bonds is 5. The van der Waals surface area contributed by atoms with Gasteiger partial charge in [0.05, 0.1) is 36.1 Å². The molecule has 0 bridgehead atoms. The average Bonchev–Trinajstić information content (AvgIpc) is 3.13. The Morgan fingerprint density at radius 2 is 1.82 bits per heavy atom. The second-order valence-corrected chi connectivity index (χ2v) is 8.50. The first-order valence-electron chi connectivity index (χ1n) is 10.4. The monoisotopic (exact) mass is 478 g/mol. The van der Waals surface area contributed by atoms with Crippen LogP contribution < -0.4 is 24.4 Å². The molecule has 0 N–H and O–H groups in total. The first-order chi connectivity index (χ1) is 16.3. The zero-order valence-corrected chi connectivity index (χ0v) is 19.8. The summed E-state index contributed by atoms with van der Waals surface area (Å²) in [7, 11) is 2.78. The van der Waals surface area contributed by atoms with Crippen molar-refractivity contribution in [3.8, 4) is 11.5 Å². The molecule has 1 aliphatic heterocycles. The van der Waals surface area contributed by atoms with Gasteiger partial charge in [-0.25, -0.2) is 9.79 Å². The van der Waals surface area contributed by atoms with Crippen molar-refractivity contribution in [1.29, 1.82) is 0 Å². The molecular formula is C25H22N2O6S. The van der Waals surface area contributed by atoms with Gasteiger partial charge in [-0.2, -0.15) is 0 Å². The van der Waals surface area contributed by atoms with Crippen LogP contribution >= 0.6 is 11.3 Å². The van der Waals surface area contributed by atoms with E-state index < -0.39 is 18.0 Å². The van der Waals surface area contributed by atoms with E-state index >= 15 is 0 Å². The summed E-state index contributed by atoms with van der Waals surface area (Å²) in [6.45, 7) is 3.04. The summed E-state index contributed by atoms with van der Waals surface area (Å²) >= 11 is 1.22. The molecule has 1 aromatic heterocycles. The van der Waals surface area contributed by atoms with Gasteiger partial charge in [-0.1, -0.05) is 47.7 Å². The standard InChI is InChI=1S/C25H22N2O6S/c1-14-21(24(30)32-4)22(17-8-6-5-7-9-17)27-23(29)20(34-25(27)26-14)13-16-10-11-18(33-15(2)28)19(12-16)31-3/h5-13,22H,1-4H3/b20-13-/t22-/m0/s1. The maximum Gasteiger partial charge on any atom is 0.338 e. The molecule has 2 aromatic carbocycles. The van der Waals surface area contributed by atoms with Gasteiger partial charge in [0.25, 0.3) is 5.56 Å². The summed E-state index contributed by atoms with van der Waals surface area (Å²) in [4.78, 5) is 42.5. The van der Waals surface area contributed by atoms with Crippen LogP contribution in [-0.2, 0) is 14.3 Å². The van der Waals surface area contributed by atoms with Crippen molar-refractivity contribution in [3.63, 3.8) is 0 Å². The maximum atomic E-state index is 13.5. The quantitative estimate of drug-likeness (QED) is 0.413. The molecular weight excluding hydrogens is 456 g/mol. The Labute approximate surface area is 199 Å². The van der Waals surface area contributed by atoms with Gasteiger partial charge in [-0.3, -0.25) is 14.2 Å². The smallest absolute Gasteiger partial charge is 0.338 e. The summed E-state index contributed by atoms with van der Waals surface area (Å²) in [5.74, 6) is -0.342. The van der Waals surface area contributed by atoms with E-state index in [1.807, 2.05) is 30.3 Å². The first-order valence-corrected chi connectivity index (χ1v) is 11.2. The summed E-state index contributed by atoms with van der Waals surface area (Å²) in [6.07, 6.45) is 1.71. The van der Waals surface area contributed by atoms with E-state index in [0.29, 0.717) is 31.9 Å². The lowest BCUT2D eigenvalue weighted by atomic mass is 9.96. The first kappa shape index (κ1) is 23.2. The minimum atomic E-state index is -0.659. The lowest BCUT2D eigenvalue weighted by molar-refractivity contribution is -0.136. The normalized spacial score (nSPS) is 15.4. The fraction of sp³-hybridized carbons (Fsp3) is 0.200. The van der Waals surface area contributed by atoms with Crippen molar-refractivity contribution >= 4 is 29.4 Å². The van der Waals surface area contributed by atoms with Gasteiger partial charge >= 0.3 is 11.9 Å². The van der Waals surface area contributed by atoms with Crippen molar-refractivity contribution in [2.45, 2.75) is 19.9 Å². The molecule has 0 fully saturated rings. The summed E-state index contributed by atoms with van der Waals surface area (Å²) in [5, 5.41) is 0. The Kier molecular flexibility index (Phi) is 6.47. The average molecular weight is 479 g/mol. The molecule has 0 aliphatic carbocycles. The van der Waals surface area contributed by atoms with Crippen LogP contribution in [0.15, 0.2) is 69.6 Å². The number of thiazole rings is 1. The molecule has 1 aliphatic rings. The minimum absolute atomic E-state index is 0.283. The number of carbonyl (C=O) groups is 2. The Morgan fingerprint density at radius 1 is 1.09 bits per heavy atom. The highest BCUT2D eigenvalue weighted by atomic mass is 32.1. The fourth-order valence-corrected chi connectivity index (χ4v) is 4.85. The molecule has 174 valence electrons. The topological polar surface area (TPSA) is 96.2 Å². The number of esters is 2. The van der Waals surface area contributed by atoms with Gasteiger partial charge in [0.15, 0.2) is 16.3 Å². The number of nitrogens with zero attached hydrogens (tertiary/aromatic N) is 2. The second-order valence-electron chi connectivity index (χ2n) is 7.49. The van der Waals surface area contributed by atoms with Crippen molar-refractivity contribution in [2.24, 2.45) is 4.99 Å². The number of allylic oxidation sites excluding steroid dienone is 1. The molecule has 2 heterocycles. The van der Waals surface area contributed by atoms with Crippen molar-refractivity contribution in [3.05, 3.63) is 90.6 Å². The van der Waals surface area contributed by atoms with E-state index in [2.05, 4.69) is 4.99 Å². The van der Waals surface area contributed by atoms with Crippen LogP contribution in [0.2, 0.25) is 0 Å². The van der Waals surface area contributed by atoms with Gasteiger partial charge < -0.3 is 14.2 Å². The Hall–Kier alpha value is -3.98. The molecule has 0 saturated carbocycles. The van der Waals surface area contributed by atoms with E-state index in [1.54, 1.807) is 31.2 Å². The third-order valence-electron chi connectivity index (χ3n) is 5.28. The molecule has 4 rings (SSSR count). The fourth-order valence-electron chi connectivity index (χ4n) is 3.81. The number of hydrogen-bond acceptors (Lipinski definition) is 8. The molecule has 8 nitrogen and oxygen atoms in total. The number of aromatic nitrogens is 1. The molecule has 0 radical (unpaired) electrons. The van der Waals surface area contributed by atoms with Gasteiger partial charge in [0.1, 0.15) is 0 Å². The van der Waals surface area contributed by atoms with E-state index in [-0.39, 0.29) is 11.3 Å². The van der Waals surface area contributed by atoms with Crippen molar-refractivity contribution in [1.82, 2.24) is 4.57 Å². The number of carbonyl (C=O) groups excluding carboxylic acids is 2. The highest BCUT2D eigenvalue weighted by molar-refractivity contribution is 7.07. The van der Waals surface area contributed by atoms with Gasteiger partial charge in [0.2, 0.25) is 0 Å². The van der Waals surface area contributed by atoms with E-state index in [4.69, 9.17) is 14.2 Å². The zero-order valence-electron chi connectivity index (χ0n) is 19.0. The minimum Gasteiger partial charge on any atom is -0.493 e. The highest BCUT2D eigenvalue weighted by Gasteiger charge is 2.32. The molecule has 0 saturated heterocycles. The van der Waals surface area contributed by atoms with Crippen molar-refractivity contribution in [2.75, 3.05) is 14.2 Å². The van der Waals surface area contributed by atoms with Crippen molar-refractivity contribution < 1.29 is 23.8 Å². The van der Waals surface area contributed by atoms with Crippen LogP contribution in [0.5, 0.6) is 11.5 Å². The molecule has 34 heavy (non-hydrogen) atoms. The van der Waals surface area contributed by atoms with Crippen LogP contribution in [0.4, 0.5) is 0 Å². The van der Waals surface area contributed by atoms with E-state index in [0.717, 1.165) is 5.56 Å². The maximum absolute atomic E-state index is 13.5. The lowest BCUT2D eigenvalue weighted by Gasteiger charge is -2.24. The Bertz CT molecular complexity index is 1480. The predicted molar refractivity (Wildman–Crippen MR) is 127 cm³/mol.